The van der Waals surface area contributed by atoms with Crippen LogP contribution in [-0.2, 0) is 28.6 Å². The predicted octanol–water partition coefficient (Wildman–Crippen LogP) is 17.4. The number of rotatable bonds is 44. The van der Waals surface area contributed by atoms with Crippen LogP contribution in [0.1, 0.15) is 188 Å². The second kappa shape index (κ2) is 53.6. The number of ether oxygens (including phenoxy) is 3. The summed E-state index contributed by atoms with van der Waals surface area (Å²) in [5.74, 6) is -1.06. The molecule has 0 aromatic heterocycles. The predicted molar refractivity (Wildman–Crippen MR) is 288 cm³/mol. The number of carbonyl (C=O) groups is 3. The van der Waals surface area contributed by atoms with E-state index >= 15 is 0 Å². The van der Waals surface area contributed by atoms with Crippen LogP contribution in [0.3, 0.4) is 0 Å². The van der Waals surface area contributed by atoms with Crippen LogP contribution in [0.5, 0.6) is 0 Å². The molecule has 1 atom stereocenters. The molecule has 0 aliphatic carbocycles. The Labute approximate surface area is 409 Å². The lowest BCUT2D eigenvalue weighted by Gasteiger charge is -2.18. The van der Waals surface area contributed by atoms with Gasteiger partial charge in [-0.3, -0.25) is 14.4 Å². The third-order valence-corrected chi connectivity index (χ3v) is 10.0. The summed E-state index contributed by atoms with van der Waals surface area (Å²) in [7, 11) is 0. The van der Waals surface area contributed by atoms with E-state index in [9.17, 15) is 14.4 Å². The van der Waals surface area contributed by atoms with Gasteiger partial charge in [-0.25, -0.2) is 0 Å². The van der Waals surface area contributed by atoms with Crippen LogP contribution < -0.4 is 0 Å². The van der Waals surface area contributed by atoms with Gasteiger partial charge in [-0.1, -0.05) is 204 Å². The van der Waals surface area contributed by atoms with Crippen molar-refractivity contribution in [1.82, 2.24) is 0 Å². The average molecular weight is 921 g/mol. The monoisotopic (exact) mass is 921 g/mol. The van der Waals surface area contributed by atoms with Crippen molar-refractivity contribution in [2.24, 2.45) is 0 Å². The molecule has 6 nitrogen and oxygen atoms in total. The summed E-state index contributed by atoms with van der Waals surface area (Å²) < 4.78 is 16.5. The smallest absolute Gasteiger partial charge is 0.306 e. The van der Waals surface area contributed by atoms with E-state index in [0.717, 1.165) is 135 Å². The summed E-state index contributed by atoms with van der Waals surface area (Å²) in [6.07, 6.45) is 78.5. The minimum absolute atomic E-state index is 0.121. The number of esters is 3. The van der Waals surface area contributed by atoms with Crippen LogP contribution in [0, 0.1) is 0 Å². The van der Waals surface area contributed by atoms with E-state index in [-0.39, 0.29) is 44.0 Å². The molecule has 0 saturated heterocycles. The molecule has 0 spiro atoms. The molecule has 0 radical (unpaired) electrons. The van der Waals surface area contributed by atoms with Crippen LogP contribution in [-0.4, -0.2) is 37.2 Å². The standard InChI is InChI=1S/C61H92O6/c1-4-7-10-13-15-17-19-21-23-24-25-26-27-28-29-30-31-32-33-34-35-36-38-39-41-43-45-48-51-54-60(63)66-57-58(56-65-59(62)53-50-47-12-9-6-3)67-61(64)55-52-49-46-44-42-40-37-22-20-18-16-14-11-8-5-2/h7-8,10-11,15-18,21-23,25-26,28-29,31-32,34-35,37-39,42-45,58H,4-6,9,12-14,19-20,24,27,30,33,36,40-41,46-57H2,1-3H3/b10-7-,11-8-,17-15-,18-16-,23-21-,26-25-,29-28-,32-31-,35-34-,37-22-,39-38-,44-42-,45-43-. The molecule has 0 aliphatic rings. The Balaban J connectivity index is 4.32. The molecule has 0 aliphatic heterocycles. The molecule has 0 heterocycles. The summed E-state index contributed by atoms with van der Waals surface area (Å²) in [5.41, 5.74) is 0. The molecule has 0 amide bonds. The maximum atomic E-state index is 12.7. The van der Waals surface area contributed by atoms with E-state index < -0.39 is 6.10 Å². The van der Waals surface area contributed by atoms with E-state index in [1.54, 1.807) is 0 Å². The van der Waals surface area contributed by atoms with E-state index in [1.807, 2.05) is 0 Å². The van der Waals surface area contributed by atoms with Crippen LogP contribution >= 0.6 is 0 Å². The molecule has 0 saturated carbocycles. The molecule has 1 unspecified atom stereocenters. The molecule has 0 N–H and O–H groups in total. The number of hydrogen-bond donors (Lipinski definition) is 0. The molecule has 6 heteroatoms. The largest absolute Gasteiger partial charge is 0.462 e. The first-order valence-corrected chi connectivity index (χ1v) is 26.0. The van der Waals surface area contributed by atoms with Gasteiger partial charge < -0.3 is 14.2 Å². The highest BCUT2D eigenvalue weighted by atomic mass is 16.6. The summed E-state index contributed by atoms with van der Waals surface area (Å²) in [6, 6.07) is 0. The SMILES string of the molecule is CC/C=C\C/C=C\C/C=C\C/C=C\C/C=C\C/C=C\C/C=C\C/C=C\C/C=C\CCCC(=O)OCC(COC(=O)CCCCCCC)OC(=O)CCCC/C=C\C/C=C\C/C=C\C/C=C\CC. The first-order valence-electron chi connectivity index (χ1n) is 26.0. The van der Waals surface area contributed by atoms with Gasteiger partial charge in [0.25, 0.3) is 0 Å². The van der Waals surface area contributed by atoms with E-state index in [2.05, 4.69) is 179 Å². The zero-order chi connectivity index (χ0) is 48.6. The van der Waals surface area contributed by atoms with Gasteiger partial charge in [0.05, 0.1) is 0 Å². The maximum absolute atomic E-state index is 12.7. The summed E-state index contributed by atoms with van der Waals surface area (Å²) in [4.78, 5) is 37.6. The topological polar surface area (TPSA) is 78.9 Å². The highest BCUT2D eigenvalue weighted by Gasteiger charge is 2.19. The van der Waals surface area contributed by atoms with E-state index in [1.165, 1.54) is 0 Å². The Morgan fingerprint density at radius 1 is 0.313 bits per heavy atom. The van der Waals surface area contributed by atoms with Gasteiger partial charge in [-0.2, -0.15) is 0 Å². The van der Waals surface area contributed by atoms with Crippen molar-refractivity contribution in [1.29, 1.82) is 0 Å². The number of unbranched alkanes of at least 4 members (excludes halogenated alkanes) is 7. The molecule has 67 heavy (non-hydrogen) atoms. The first kappa shape index (κ1) is 62.0. The molecule has 0 aromatic rings. The van der Waals surface area contributed by atoms with Gasteiger partial charge in [0.2, 0.25) is 0 Å². The zero-order valence-electron chi connectivity index (χ0n) is 42.3. The Morgan fingerprint density at radius 2 is 0.597 bits per heavy atom. The maximum Gasteiger partial charge on any atom is 0.306 e. The zero-order valence-corrected chi connectivity index (χ0v) is 42.3. The van der Waals surface area contributed by atoms with Crippen molar-refractivity contribution < 1.29 is 28.6 Å². The van der Waals surface area contributed by atoms with Crippen molar-refractivity contribution in [2.45, 2.75) is 194 Å². The van der Waals surface area contributed by atoms with Crippen molar-refractivity contribution in [3.8, 4) is 0 Å². The second-order valence-electron chi connectivity index (χ2n) is 16.3. The van der Waals surface area contributed by atoms with Gasteiger partial charge in [-0.15, -0.1) is 0 Å². The number of hydrogen-bond acceptors (Lipinski definition) is 6. The van der Waals surface area contributed by atoms with Crippen molar-refractivity contribution in [3.05, 3.63) is 158 Å². The van der Waals surface area contributed by atoms with Crippen molar-refractivity contribution in [2.75, 3.05) is 13.2 Å². The number of carbonyl (C=O) groups excluding carboxylic acids is 3. The van der Waals surface area contributed by atoms with Crippen LogP contribution in [0.15, 0.2) is 158 Å². The van der Waals surface area contributed by atoms with Gasteiger partial charge in [-0.05, 0) is 122 Å². The fourth-order valence-electron chi connectivity index (χ4n) is 6.20. The number of allylic oxidation sites excluding steroid dienone is 26. The third-order valence-electron chi connectivity index (χ3n) is 10.0. The molecule has 0 aromatic carbocycles. The van der Waals surface area contributed by atoms with Gasteiger partial charge in [0.1, 0.15) is 13.2 Å². The van der Waals surface area contributed by atoms with Crippen LogP contribution in [0.2, 0.25) is 0 Å². The van der Waals surface area contributed by atoms with Crippen molar-refractivity contribution in [3.63, 3.8) is 0 Å². The molecule has 372 valence electrons. The molecule has 0 bridgehead atoms. The second-order valence-corrected chi connectivity index (χ2v) is 16.3. The van der Waals surface area contributed by atoms with E-state index in [4.69, 9.17) is 14.2 Å². The molecule has 0 fully saturated rings. The van der Waals surface area contributed by atoms with Crippen LogP contribution in [0.4, 0.5) is 0 Å². The summed E-state index contributed by atoms with van der Waals surface area (Å²) in [6.45, 7) is 6.20. The lowest BCUT2D eigenvalue weighted by atomic mass is 10.1. The normalized spacial score (nSPS) is 13.4. The fraction of sp³-hybridized carbons (Fsp3) is 0.525. The highest BCUT2D eigenvalue weighted by molar-refractivity contribution is 5.71. The summed E-state index contributed by atoms with van der Waals surface area (Å²) in [5, 5.41) is 0. The third kappa shape index (κ3) is 51.9. The highest BCUT2D eigenvalue weighted by Crippen LogP contribution is 2.10. The summed E-state index contributed by atoms with van der Waals surface area (Å²) >= 11 is 0. The Bertz CT molecular complexity index is 1570. The molecular formula is C61H92O6. The van der Waals surface area contributed by atoms with E-state index in [0.29, 0.717) is 19.3 Å². The Kier molecular flexibility index (Phi) is 49.7. The Morgan fingerprint density at radius 3 is 0.955 bits per heavy atom. The van der Waals surface area contributed by atoms with Gasteiger partial charge >= 0.3 is 17.9 Å². The minimum Gasteiger partial charge on any atom is -0.462 e. The van der Waals surface area contributed by atoms with Crippen LogP contribution in [0.25, 0.3) is 0 Å². The minimum atomic E-state index is -0.826. The van der Waals surface area contributed by atoms with Gasteiger partial charge in [0.15, 0.2) is 6.10 Å². The first-order chi connectivity index (χ1) is 33.0. The average Bonchev–Trinajstić information content (AvgIpc) is 3.33. The molecule has 0 rings (SSSR count). The lowest BCUT2D eigenvalue weighted by molar-refractivity contribution is -0.167. The lowest BCUT2D eigenvalue weighted by Crippen LogP contribution is -2.30. The van der Waals surface area contributed by atoms with Crippen molar-refractivity contribution >= 4 is 17.9 Å². The molecular weight excluding hydrogens is 829 g/mol. The quantitative estimate of drug-likeness (QED) is 0.0262. The Hall–Kier alpha value is -4.97. The fourth-order valence-corrected chi connectivity index (χ4v) is 6.20. The van der Waals surface area contributed by atoms with Gasteiger partial charge in [0, 0.05) is 19.3 Å².